The lowest BCUT2D eigenvalue weighted by atomic mass is 10.1. The van der Waals surface area contributed by atoms with Crippen molar-refractivity contribution >= 4 is 14.6 Å². The monoisotopic (exact) mass is 348 g/mol. The number of carbonyl (C=O) groups is 1. The Labute approximate surface area is 150 Å². The summed E-state index contributed by atoms with van der Waals surface area (Å²) in [6.45, 7) is 18.2. The third-order valence-corrected chi connectivity index (χ3v) is 9.09. The van der Waals surface area contributed by atoms with E-state index >= 15 is 0 Å². The van der Waals surface area contributed by atoms with Crippen LogP contribution in [0.1, 0.15) is 54.4 Å². The third kappa shape index (κ3) is 9.84. The van der Waals surface area contributed by atoms with Crippen LogP contribution in [0, 0.1) is 0 Å². The fraction of sp³-hybridized carbons (Fsp3) is 0.571. The van der Waals surface area contributed by atoms with E-state index in [-0.39, 0.29) is 5.04 Å². The van der Waals surface area contributed by atoms with E-state index in [1.165, 1.54) is 11.1 Å². The van der Waals surface area contributed by atoms with Gasteiger partial charge in [-0.25, -0.2) is 0 Å². The van der Waals surface area contributed by atoms with E-state index in [2.05, 4.69) is 59.9 Å². The lowest BCUT2D eigenvalue weighted by molar-refractivity contribution is -0.104. The molecule has 0 rings (SSSR count). The molecule has 0 bridgehead atoms. The van der Waals surface area contributed by atoms with Crippen molar-refractivity contribution in [1.82, 2.24) is 0 Å². The van der Waals surface area contributed by atoms with Crippen molar-refractivity contribution in [2.24, 2.45) is 0 Å². The first-order valence-corrected chi connectivity index (χ1v) is 11.7. The Balaban J connectivity index is 4.32. The fourth-order valence-electron chi connectivity index (χ4n) is 1.70. The van der Waals surface area contributed by atoms with Gasteiger partial charge in [-0.05, 0) is 57.3 Å². The Hall–Kier alpha value is -1.19. The van der Waals surface area contributed by atoms with Gasteiger partial charge in [-0.3, -0.25) is 4.79 Å². The highest BCUT2D eigenvalue weighted by atomic mass is 28.4. The second-order valence-corrected chi connectivity index (χ2v) is 12.8. The molecule has 0 aliphatic carbocycles. The van der Waals surface area contributed by atoms with Crippen molar-refractivity contribution in [2.45, 2.75) is 72.5 Å². The van der Waals surface area contributed by atoms with Crippen LogP contribution in [0.25, 0.3) is 0 Å². The molecular weight excluding hydrogens is 312 g/mol. The first-order chi connectivity index (χ1) is 11.0. The largest absolute Gasteiger partial charge is 0.413 e. The van der Waals surface area contributed by atoms with Crippen molar-refractivity contribution < 1.29 is 9.22 Å². The zero-order valence-electron chi connectivity index (χ0n) is 16.9. The molecule has 0 saturated carbocycles. The fourth-order valence-corrected chi connectivity index (χ4v) is 2.63. The highest BCUT2D eigenvalue weighted by Crippen LogP contribution is 2.36. The Morgan fingerprint density at radius 3 is 2.21 bits per heavy atom. The first-order valence-electron chi connectivity index (χ1n) is 8.76. The summed E-state index contributed by atoms with van der Waals surface area (Å²) in [5.41, 5.74) is 3.33. The maximum Gasteiger partial charge on any atom is 0.192 e. The average molecular weight is 349 g/mol. The predicted molar refractivity (Wildman–Crippen MR) is 109 cm³/mol. The van der Waals surface area contributed by atoms with Gasteiger partial charge < -0.3 is 4.43 Å². The molecule has 0 atom stereocenters. The number of allylic oxidation sites excluding steroid dienone is 7. The van der Waals surface area contributed by atoms with Gasteiger partial charge in [0.05, 0.1) is 6.61 Å². The minimum atomic E-state index is -1.64. The van der Waals surface area contributed by atoms with E-state index in [9.17, 15) is 4.79 Å². The summed E-state index contributed by atoms with van der Waals surface area (Å²) < 4.78 is 6.18. The zero-order chi connectivity index (χ0) is 18.8. The van der Waals surface area contributed by atoms with E-state index in [1.54, 1.807) is 6.92 Å². The lowest BCUT2D eigenvalue weighted by Gasteiger charge is -2.35. The molecule has 0 saturated heterocycles. The van der Waals surface area contributed by atoms with Crippen LogP contribution in [-0.4, -0.2) is 21.2 Å². The molecule has 0 aromatic carbocycles. The molecule has 0 spiro atoms. The lowest BCUT2D eigenvalue weighted by Crippen LogP contribution is -2.40. The van der Waals surface area contributed by atoms with Crippen LogP contribution in [-0.2, 0) is 9.22 Å². The van der Waals surface area contributed by atoms with Crippen molar-refractivity contribution in [3.05, 3.63) is 47.1 Å². The summed E-state index contributed by atoms with van der Waals surface area (Å²) in [5, 5.41) is 0.261. The Bertz CT molecular complexity index is 514. The van der Waals surface area contributed by atoms with Crippen molar-refractivity contribution in [2.75, 3.05) is 6.61 Å². The van der Waals surface area contributed by atoms with Crippen molar-refractivity contribution in [3.8, 4) is 0 Å². The summed E-state index contributed by atoms with van der Waals surface area (Å²) in [5.74, 6) is 0. The van der Waals surface area contributed by atoms with Crippen LogP contribution in [0.15, 0.2) is 47.1 Å². The maximum atomic E-state index is 10.5. The highest BCUT2D eigenvalue weighted by molar-refractivity contribution is 6.74. The second kappa shape index (κ2) is 10.6. The summed E-state index contributed by atoms with van der Waals surface area (Å²) >= 11 is 0. The molecule has 0 radical (unpaired) electrons. The molecule has 2 nitrogen and oxygen atoms in total. The van der Waals surface area contributed by atoms with Gasteiger partial charge in [0.1, 0.15) is 6.29 Å². The second-order valence-electron chi connectivity index (χ2n) is 8.00. The molecule has 0 aliphatic heterocycles. The smallest absolute Gasteiger partial charge is 0.192 e. The molecule has 136 valence electrons. The summed E-state index contributed by atoms with van der Waals surface area (Å²) in [6.07, 6.45) is 13.2. The molecule has 0 aromatic heterocycles. The average Bonchev–Trinajstić information content (AvgIpc) is 2.45. The number of rotatable bonds is 9. The molecule has 0 aliphatic rings. The molecule has 0 fully saturated rings. The van der Waals surface area contributed by atoms with E-state index in [4.69, 9.17) is 4.43 Å². The van der Waals surface area contributed by atoms with E-state index in [0.717, 1.165) is 31.3 Å². The summed E-state index contributed by atoms with van der Waals surface area (Å²) in [6, 6.07) is 0. The third-order valence-electron chi connectivity index (χ3n) is 4.59. The molecule has 0 unspecified atom stereocenters. The SMILES string of the molecule is C\C(C=O)=C/C=C/C(C)=C/CC/C(C)=C/CO[Si](C)(C)C(C)(C)C. The topological polar surface area (TPSA) is 26.3 Å². The molecule has 0 N–H and O–H groups in total. The number of aldehydes is 1. The predicted octanol–water partition coefficient (Wildman–Crippen LogP) is 6.38. The van der Waals surface area contributed by atoms with Gasteiger partial charge in [-0.15, -0.1) is 0 Å². The Morgan fingerprint density at radius 1 is 1.04 bits per heavy atom. The van der Waals surface area contributed by atoms with Gasteiger partial charge >= 0.3 is 0 Å². The van der Waals surface area contributed by atoms with Crippen LogP contribution in [0.4, 0.5) is 0 Å². The molecule has 3 heteroatoms. The van der Waals surface area contributed by atoms with Gasteiger partial charge in [0.25, 0.3) is 0 Å². The van der Waals surface area contributed by atoms with Crippen molar-refractivity contribution in [3.63, 3.8) is 0 Å². The number of carbonyl (C=O) groups excluding carboxylic acids is 1. The van der Waals surface area contributed by atoms with E-state index < -0.39 is 8.32 Å². The van der Waals surface area contributed by atoms with Gasteiger partial charge in [-0.2, -0.15) is 0 Å². The summed E-state index contributed by atoms with van der Waals surface area (Å²) in [7, 11) is -1.64. The minimum absolute atomic E-state index is 0.261. The normalized spacial score (nSPS) is 15.2. The van der Waals surface area contributed by atoms with Gasteiger partial charge in [-0.1, -0.05) is 62.3 Å². The number of hydrogen-bond acceptors (Lipinski definition) is 2. The first kappa shape index (κ1) is 22.8. The van der Waals surface area contributed by atoms with Gasteiger partial charge in [0.15, 0.2) is 8.32 Å². The maximum absolute atomic E-state index is 10.5. The molecule has 0 amide bonds. The minimum Gasteiger partial charge on any atom is -0.413 e. The van der Waals surface area contributed by atoms with Crippen LogP contribution in [0.3, 0.4) is 0 Å². The zero-order valence-corrected chi connectivity index (χ0v) is 17.9. The van der Waals surface area contributed by atoms with Crippen LogP contribution >= 0.6 is 0 Å². The number of hydrogen-bond donors (Lipinski definition) is 0. The van der Waals surface area contributed by atoms with Crippen LogP contribution in [0.2, 0.25) is 18.1 Å². The van der Waals surface area contributed by atoms with Crippen LogP contribution < -0.4 is 0 Å². The quantitative estimate of drug-likeness (QED) is 0.159. The molecule has 0 aromatic rings. The van der Waals surface area contributed by atoms with E-state index in [1.807, 2.05) is 18.2 Å². The molecule has 0 heterocycles. The van der Waals surface area contributed by atoms with E-state index in [0.29, 0.717) is 0 Å². The molecule has 24 heavy (non-hydrogen) atoms. The summed E-state index contributed by atoms with van der Waals surface area (Å²) in [4.78, 5) is 10.5. The van der Waals surface area contributed by atoms with Crippen LogP contribution in [0.5, 0.6) is 0 Å². The van der Waals surface area contributed by atoms with Gasteiger partial charge in [0, 0.05) is 0 Å². The molecular formula is C21H36O2Si. The Morgan fingerprint density at radius 2 is 1.67 bits per heavy atom. The highest BCUT2D eigenvalue weighted by Gasteiger charge is 2.36. The van der Waals surface area contributed by atoms with Gasteiger partial charge in [0.2, 0.25) is 0 Å². The standard InChI is InChI=1S/C21H36O2Si/c1-18(12-10-14-20(3)17-22)11-9-13-19(2)15-16-23-24(7,8)21(4,5)6/h10-12,14-15,17H,9,13,16H2,1-8H3/b12-10+,18-11+,19-15+,20-14+. The Kier molecular flexibility index (Phi) is 10.1. The van der Waals surface area contributed by atoms with Crippen molar-refractivity contribution in [1.29, 1.82) is 0 Å².